The summed E-state index contributed by atoms with van der Waals surface area (Å²) in [5, 5.41) is 0. The molecule has 1 aliphatic carbocycles. The molecule has 3 aromatic carbocycles. The van der Waals surface area contributed by atoms with Gasteiger partial charge in [-0.05, 0) is 111 Å². The zero-order valence-electron chi connectivity index (χ0n) is 30.4. The molecule has 13 heteroatoms. The molecule has 53 heavy (non-hydrogen) atoms. The molecule has 1 saturated heterocycles. The van der Waals surface area contributed by atoms with E-state index in [-0.39, 0.29) is 24.7 Å². The topological polar surface area (TPSA) is 48.0 Å². The maximum Gasteiger partial charge on any atom is 0.416 e. The summed E-state index contributed by atoms with van der Waals surface area (Å²) in [5.41, 5.74) is -2.87. The third kappa shape index (κ3) is 10.9. The largest absolute Gasteiger partial charge is 0.454 e. The number of esters is 1. The number of benzene rings is 3. The Bertz CT molecular complexity index is 1600. The summed E-state index contributed by atoms with van der Waals surface area (Å²) < 4.78 is 114. The lowest BCUT2D eigenvalue weighted by atomic mass is 9.67. The Balaban J connectivity index is 1.35. The van der Waals surface area contributed by atoms with Gasteiger partial charge in [0, 0.05) is 20.7 Å². The minimum absolute atomic E-state index is 0.0535. The van der Waals surface area contributed by atoms with Gasteiger partial charge >= 0.3 is 18.3 Å². The molecule has 0 aromatic heterocycles. The van der Waals surface area contributed by atoms with Crippen LogP contribution in [0.15, 0.2) is 72.8 Å². The number of carbonyl (C=O) groups excluding carboxylic acids is 1. The van der Waals surface area contributed by atoms with Crippen LogP contribution in [-0.2, 0) is 36.8 Å². The van der Waals surface area contributed by atoms with Gasteiger partial charge in [0.05, 0.1) is 23.1 Å². The van der Waals surface area contributed by atoms with Crippen LogP contribution in [0.5, 0.6) is 0 Å². The van der Waals surface area contributed by atoms with Crippen molar-refractivity contribution in [3.63, 3.8) is 0 Å². The molecule has 0 amide bonds. The van der Waals surface area contributed by atoms with Crippen LogP contribution in [0.2, 0.25) is 25.7 Å². The normalized spacial score (nSPS) is 21.4. The Morgan fingerprint density at radius 3 is 1.96 bits per heavy atom. The molecule has 1 saturated carbocycles. The van der Waals surface area contributed by atoms with E-state index in [2.05, 4.69) is 24.5 Å². The summed E-state index contributed by atoms with van der Waals surface area (Å²) in [6, 6.07) is 17.8. The quantitative estimate of drug-likeness (QED) is 0.0570. The van der Waals surface area contributed by atoms with Gasteiger partial charge in [0.2, 0.25) is 0 Å². The highest BCUT2D eigenvalue weighted by molar-refractivity contribution is 6.76. The molecule has 2 aliphatic rings. The monoisotopic (exact) mass is 767 g/mol. The van der Waals surface area contributed by atoms with Gasteiger partial charge in [0.25, 0.3) is 0 Å². The summed E-state index contributed by atoms with van der Waals surface area (Å²) in [6.07, 6.45) is -7.88. The maximum atomic E-state index is 14.4. The van der Waals surface area contributed by atoms with Crippen molar-refractivity contribution in [1.82, 2.24) is 4.90 Å². The third-order valence-corrected chi connectivity index (χ3v) is 12.3. The first-order chi connectivity index (χ1) is 24.9. The first kappa shape index (κ1) is 40.9. The van der Waals surface area contributed by atoms with Gasteiger partial charge in [-0.1, -0.05) is 62.1 Å². The van der Waals surface area contributed by atoms with Crippen molar-refractivity contribution in [3.05, 3.63) is 106 Å². The van der Waals surface area contributed by atoms with E-state index in [1.165, 1.54) is 12.1 Å². The number of piperidine rings is 1. The van der Waals surface area contributed by atoms with Crippen molar-refractivity contribution in [2.24, 2.45) is 0 Å². The van der Waals surface area contributed by atoms with Crippen LogP contribution < -0.4 is 0 Å². The van der Waals surface area contributed by atoms with E-state index in [0.29, 0.717) is 55.9 Å². The molecular formula is C40H48F7NO4Si. The molecule has 1 aliphatic heterocycles. The van der Waals surface area contributed by atoms with Crippen LogP contribution >= 0.6 is 0 Å². The Labute approximate surface area is 307 Å². The number of alkyl halides is 6. The molecule has 5 rings (SSSR count). The summed E-state index contributed by atoms with van der Waals surface area (Å²) in [5.74, 6) is -0.667. The summed E-state index contributed by atoms with van der Waals surface area (Å²) in [6.45, 7) is 7.76. The van der Waals surface area contributed by atoms with Crippen molar-refractivity contribution in [2.75, 3.05) is 33.1 Å². The summed E-state index contributed by atoms with van der Waals surface area (Å²) >= 11 is 0. The molecule has 5 nitrogen and oxygen atoms in total. The number of likely N-dealkylation sites (tertiary alicyclic amines) is 1. The van der Waals surface area contributed by atoms with Crippen LogP contribution in [-0.4, -0.2) is 58.1 Å². The molecular weight excluding hydrogens is 720 g/mol. The van der Waals surface area contributed by atoms with Crippen LogP contribution in [0.3, 0.4) is 0 Å². The minimum atomic E-state index is -5.08. The maximum absolute atomic E-state index is 14.4. The Hall–Kier alpha value is -3.26. The van der Waals surface area contributed by atoms with Crippen molar-refractivity contribution in [2.45, 2.75) is 100 Å². The molecule has 0 bridgehead atoms. The lowest BCUT2D eigenvalue weighted by Gasteiger charge is -2.45. The molecule has 1 heterocycles. The lowest BCUT2D eigenvalue weighted by molar-refractivity contribution is -0.165. The van der Waals surface area contributed by atoms with Crippen LogP contribution in [0.1, 0.15) is 78.4 Å². The van der Waals surface area contributed by atoms with Gasteiger partial charge in [0.1, 0.15) is 12.6 Å². The molecule has 0 N–H and O–H groups in total. The molecule has 3 aromatic rings. The Morgan fingerprint density at radius 2 is 1.42 bits per heavy atom. The summed E-state index contributed by atoms with van der Waals surface area (Å²) in [7, 11) is -1.43. The smallest absolute Gasteiger partial charge is 0.416 e. The van der Waals surface area contributed by atoms with E-state index in [9.17, 15) is 35.5 Å². The fourth-order valence-corrected chi connectivity index (χ4v) is 8.17. The number of hydrogen-bond donors (Lipinski definition) is 0. The Kier molecular flexibility index (Phi) is 13.2. The average Bonchev–Trinajstić information content (AvgIpc) is 3.12. The fraction of sp³-hybridized carbons (Fsp3) is 0.525. The molecule has 0 radical (unpaired) electrons. The number of ether oxygens (including phenoxy) is 3. The zero-order chi connectivity index (χ0) is 38.4. The minimum Gasteiger partial charge on any atom is -0.454 e. The molecule has 1 unspecified atom stereocenters. The van der Waals surface area contributed by atoms with Crippen molar-refractivity contribution in [3.8, 4) is 0 Å². The van der Waals surface area contributed by atoms with Crippen molar-refractivity contribution in [1.29, 1.82) is 0 Å². The first-order valence-corrected chi connectivity index (χ1v) is 21.9. The van der Waals surface area contributed by atoms with E-state index < -0.39 is 61.2 Å². The number of halogens is 7. The number of nitrogens with zero attached hydrogens (tertiary/aromatic N) is 1. The third-order valence-electron chi connectivity index (χ3n) is 10.6. The number of hydrogen-bond acceptors (Lipinski definition) is 5. The van der Waals surface area contributed by atoms with Gasteiger partial charge in [-0.2, -0.15) is 26.3 Å². The lowest BCUT2D eigenvalue weighted by Crippen LogP contribution is -2.48. The van der Waals surface area contributed by atoms with Gasteiger partial charge in [0.15, 0.2) is 6.10 Å². The fourth-order valence-electron chi connectivity index (χ4n) is 7.42. The van der Waals surface area contributed by atoms with Gasteiger partial charge in [-0.15, -0.1) is 0 Å². The average molecular weight is 768 g/mol. The van der Waals surface area contributed by atoms with Crippen molar-refractivity contribution >= 4 is 14.0 Å². The van der Waals surface area contributed by atoms with E-state index >= 15 is 0 Å². The molecule has 290 valence electrons. The highest BCUT2D eigenvalue weighted by Gasteiger charge is 2.47. The van der Waals surface area contributed by atoms with Gasteiger partial charge in [-0.25, -0.2) is 4.39 Å². The van der Waals surface area contributed by atoms with E-state index in [1.807, 2.05) is 12.1 Å². The van der Waals surface area contributed by atoms with E-state index in [1.54, 1.807) is 30.3 Å². The molecule has 1 atom stereocenters. The predicted octanol–water partition coefficient (Wildman–Crippen LogP) is 10.5. The van der Waals surface area contributed by atoms with Crippen LogP contribution in [0, 0.1) is 5.82 Å². The van der Waals surface area contributed by atoms with Crippen molar-refractivity contribution < 1.29 is 49.7 Å². The number of rotatable bonds is 13. The highest BCUT2D eigenvalue weighted by atomic mass is 28.3. The Morgan fingerprint density at radius 1 is 0.830 bits per heavy atom. The van der Waals surface area contributed by atoms with Crippen LogP contribution in [0.25, 0.3) is 0 Å². The van der Waals surface area contributed by atoms with E-state index in [4.69, 9.17) is 14.2 Å². The zero-order valence-corrected chi connectivity index (χ0v) is 31.4. The second-order valence-electron chi connectivity index (χ2n) is 15.5. The second-order valence-corrected chi connectivity index (χ2v) is 21.1. The predicted molar refractivity (Wildman–Crippen MR) is 191 cm³/mol. The van der Waals surface area contributed by atoms with Gasteiger partial charge < -0.3 is 19.1 Å². The molecule has 0 spiro atoms. The SMILES string of the molecule is C[Si](C)(C)CCOCOCC(OC(=O)[C@]1(c2ccccc2)CC[C@@H](N2CCC(c3ccc(F)cc3)CC2)CC1)c1cc(C(F)(F)F)cc(C(F)(F)F)c1. The van der Waals surface area contributed by atoms with E-state index in [0.717, 1.165) is 37.5 Å². The standard InChI is InChI=1S/C40H48F7NO4Si/c1-53(2,3)22-21-50-27-51-26-36(30-23-32(39(42,43)44)25-33(24-30)40(45,46)47)52-37(49)38(31-7-5-4-6-8-31)17-13-35(14-18-38)48-19-15-29(16-20-48)28-9-11-34(41)12-10-28/h4-12,23-25,29,35-36H,13-22,26-27H2,1-3H3/t35-,36?,38-. The second kappa shape index (κ2) is 17.0. The first-order valence-electron chi connectivity index (χ1n) is 18.2. The number of carbonyl (C=O) groups is 1. The van der Waals surface area contributed by atoms with Crippen LogP contribution in [0.4, 0.5) is 30.7 Å². The molecule has 2 fully saturated rings. The highest BCUT2D eigenvalue weighted by Crippen LogP contribution is 2.45. The van der Waals surface area contributed by atoms with Gasteiger partial charge in [-0.3, -0.25) is 4.79 Å². The summed E-state index contributed by atoms with van der Waals surface area (Å²) in [4.78, 5) is 16.8.